The molecule has 1 aliphatic heterocycles. The van der Waals surface area contributed by atoms with Crippen LogP contribution in [-0.4, -0.2) is 39.7 Å². The molecular formula is C9H14BrClN4O. The van der Waals surface area contributed by atoms with Crippen LogP contribution in [0.15, 0.2) is 16.9 Å². The maximum atomic E-state index is 11.8. The Balaban J connectivity index is 0.00000128. The number of nitrogens with two attached hydrogens (primary N) is 1. The van der Waals surface area contributed by atoms with E-state index in [-0.39, 0.29) is 30.9 Å². The molecule has 2 N–H and O–H groups in total. The van der Waals surface area contributed by atoms with Gasteiger partial charge in [0.25, 0.3) is 0 Å². The van der Waals surface area contributed by atoms with Crippen LogP contribution in [-0.2, 0) is 11.3 Å². The van der Waals surface area contributed by atoms with Gasteiger partial charge in [0.05, 0.1) is 10.7 Å². The van der Waals surface area contributed by atoms with E-state index in [9.17, 15) is 4.79 Å². The van der Waals surface area contributed by atoms with Crippen molar-refractivity contribution in [3.05, 3.63) is 16.9 Å². The predicted octanol–water partition coefficient (Wildman–Crippen LogP) is 0.627. The van der Waals surface area contributed by atoms with E-state index in [1.807, 2.05) is 0 Å². The number of halogens is 2. The lowest BCUT2D eigenvalue weighted by Gasteiger charge is -2.15. The van der Waals surface area contributed by atoms with E-state index in [1.165, 1.54) is 0 Å². The SMILES string of the molecule is Cl.NC1CCN(C(=O)Cn2cc(Br)cn2)C1. The zero-order chi connectivity index (χ0) is 10.8. The van der Waals surface area contributed by atoms with Crippen molar-refractivity contribution >= 4 is 34.2 Å². The first-order valence-electron chi connectivity index (χ1n) is 4.86. The third kappa shape index (κ3) is 3.20. The summed E-state index contributed by atoms with van der Waals surface area (Å²) in [6.07, 6.45) is 4.35. The second-order valence-electron chi connectivity index (χ2n) is 3.74. The molecular weight excluding hydrogens is 295 g/mol. The summed E-state index contributed by atoms with van der Waals surface area (Å²) in [7, 11) is 0. The normalized spacial score (nSPS) is 19.6. The number of amides is 1. The van der Waals surface area contributed by atoms with Gasteiger partial charge in [-0.1, -0.05) is 0 Å². The second-order valence-corrected chi connectivity index (χ2v) is 4.66. The molecule has 0 aliphatic carbocycles. The molecule has 1 aliphatic rings. The molecule has 1 aromatic rings. The molecule has 1 atom stereocenters. The van der Waals surface area contributed by atoms with E-state index < -0.39 is 0 Å². The van der Waals surface area contributed by atoms with Gasteiger partial charge in [0, 0.05) is 25.3 Å². The van der Waals surface area contributed by atoms with Gasteiger partial charge in [0.2, 0.25) is 5.91 Å². The molecule has 16 heavy (non-hydrogen) atoms. The first kappa shape index (κ1) is 13.5. The smallest absolute Gasteiger partial charge is 0.244 e. The average molecular weight is 310 g/mol. The van der Waals surface area contributed by atoms with Gasteiger partial charge in [0.1, 0.15) is 6.54 Å². The summed E-state index contributed by atoms with van der Waals surface area (Å²) < 4.78 is 2.50. The van der Waals surface area contributed by atoms with Gasteiger partial charge in [-0.15, -0.1) is 12.4 Å². The van der Waals surface area contributed by atoms with Crippen molar-refractivity contribution < 1.29 is 4.79 Å². The minimum absolute atomic E-state index is 0. The van der Waals surface area contributed by atoms with Crippen LogP contribution in [0.2, 0.25) is 0 Å². The number of aromatic nitrogens is 2. The molecule has 1 saturated heterocycles. The molecule has 0 radical (unpaired) electrons. The molecule has 2 rings (SSSR count). The Morgan fingerprint density at radius 2 is 2.44 bits per heavy atom. The molecule has 1 aromatic heterocycles. The maximum Gasteiger partial charge on any atom is 0.244 e. The molecule has 1 fully saturated rings. The fourth-order valence-electron chi connectivity index (χ4n) is 1.68. The number of rotatable bonds is 2. The van der Waals surface area contributed by atoms with Gasteiger partial charge in [-0.3, -0.25) is 9.48 Å². The van der Waals surface area contributed by atoms with E-state index >= 15 is 0 Å². The zero-order valence-corrected chi connectivity index (χ0v) is 11.1. The number of carbonyl (C=O) groups excluding carboxylic acids is 1. The highest BCUT2D eigenvalue weighted by atomic mass is 79.9. The topological polar surface area (TPSA) is 64.2 Å². The maximum absolute atomic E-state index is 11.8. The summed E-state index contributed by atoms with van der Waals surface area (Å²) in [6.45, 7) is 1.72. The van der Waals surface area contributed by atoms with Crippen LogP contribution < -0.4 is 5.73 Å². The lowest BCUT2D eigenvalue weighted by atomic mass is 10.3. The van der Waals surface area contributed by atoms with Crippen molar-refractivity contribution in [3.8, 4) is 0 Å². The molecule has 90 valence electrons. The van der Waals surface area contributed by atoms with Gasteiger partial charge >= 0.3 is 0 Å². The van der Waals surface area contributed by atoms with Gasteiger partial charge in [0.15, 0.2) is 0 Å². The quantitative estimate of drug-likeness (QED) is 0.871. The molecule has 5 nitrogen and oxygen atoms in total. The number of nitrogens with zero attached hydrogens (tertiary/aromatic N) is 3. The fraction of sp³-hybridized carbons (Fsp3) is 0.556. The van der Waals surface area contributed by atoms with Crippen molar-refractivity contribution in [2.45, 2.75) is 19.0 Å². The van der Waals surface area contributed by atoms with Crippen LogP contribution in [0.5, 0.6) is 0 Å². The Hall–Kier alpha value is -0.590. The standard InChI is InChI=1S/C9H13BrN4O.ClH/c10-7-3-12-14(4-7)6-9(15)13-2-1-8(11)5-13;/h3-4,8H,1-2,5-6,11H2;1H. The van der Waals surface area contributed by atoms with Crippen LogP contribution in [0.3, 0.4) is 0 Å². The highest BCUT2D eigenvalue weighted by Gasteiger charge is 2.23. The van der Waals surface area contributed by atoms with E-state index in [1.54, 1.807) is 22.0 Å². The lowest BCUT2D eigenvalue weighted by molar-refractivity contribution is -0.131. The molecule has 0 aromatic carbocycles. The molecule has 1 amide bonds. The number of hydrogen-bond acceptors (Lipinski definition) is 3. The molecule has 0 saturated carbocycles. The molecule has 7 heteroatoms. The van der Waals surface area contributed by atoms with Crippen LogP contribution >= 0.6 is 28.3 Å². The largest absolute Gasteiger partial charge is 0.339 e. The van der Waals surface area contributed by atoms with Gasteiger partial charge in [-0.2, -0.15) is 5.10 Å². The monoisotopic (exact) mass is 308 g/mol. The Bertz CT molecular complexity index is 370. The number of hydrogen-bond donors (Lipinski definition) is 1. The van der Waals surface area contributed by atoms with Crippen LogP contribution in [0.1, 0.15) is 6.42 Å². The predicted molar refractivity (Wildman–Crippen MR) is 66.3 cm³/mol. The summed E-state index contributed by atoms with van der Waals surface area (Å²) >= 11 is 3.29. The summed E-state index contributed by atoms with van der Waals surface area (Å²) in [5.41, 5.74) is 5.74. The van der Waals surface area contributed by atoms with Crippen molar-refractivity contribution in [1.29, 1.82) is 0 Å². The molecule has 2 heterocycles. The highest BCUT2D eigenvalue weighted by molar-refractivity contribution is 9.10. The number of carbonyl (C=O) groups is 1. The summed E-state index contributed by atoms with van der Waals surface area (Å²) in [6, 6.07) is 0.137. The molecule has 1 unspecified atom stereocenters. The zero-order valence-electron chi connectivity index (χ0n) is 8.67. The Labute approximate surface area is 109 Å². The lowest BCUT2D eigenvalue weighted by Crippen LogP contribution is -2.34. The van der Waals surface area contributed by atoms with E-state index in [2.05, 4.69) is 21.0 Å². The van der Waals surface area contributed by atoms with E-state index in [4.69, 9.17) is 5.73 Å². The van der Waals surface area contributed by atoms with Gasteiger partial charge < -0.3 is 10.6 Å². The van der Waals surface area contributed by atoms with Crippen molar-refractivity contribution in [1.82, 2.24) is 14.7 Å². The summed E-state index contributed by atoms with van der Waals surface area (Å²) in [5.74, 6) is 0.0820. The Morgan fingerprint density at radius 3 is 2.94 bits per heavy atom. The Kier molecular flexibility index (Phi) is 4.76. The van der Waals surface area contributed by atoms with Crippen LogP contribution in [0, 0.1) is 0 Å². The first-order chi connectivity index (χ1) is 7.15. The second kappa shape index (κ2) is 5.65. The molecule has 0 spiro atoms. The minimum atomic E-state index is 0. The summed E-state index contributed by atoms with van der Waals surface area (Å²) in [5, 5.41) is 4.04. The third-order valence-electron chi connectivity index (χ3n) is 2.48. The fourth-order valence-corrected chi connectivity index (χ4v) is 2.01. The summed E-state index contributed by atoms with van der Waals surface area (Å²) in [4.78, 5) is 13.6. The van der Waals surface area contributed by atoms with Gasteiger partial charge in [-0.05, 0) is 22.4 Å². The number of likely N-dealkylation sites (tertiary alicyclic amines) is 1. The van der Waals surface area contributed by atoms with Crippen LogP contribution in [0.4, 0.5) is 0 Å². The Morgan fingerprint density at radius 1 is 1.69 bits per heavy atom. The van der Waals surface area contributed by atoms with Crippen molar-refractivity contribution in [3.63, 3.8) is 0 Å². The highest BCUT2D eigenvalue weighted by Crippen LogP contribution is 2.09. The van der Waals surface area contributed by atoms with Crippen LogP contribution in [0.25, 0.3) is 0 Å². The molecule has 0 bridgehead atoms. The third-order valence-corrected chi connectivity index (χ3v) is 2.89. The average Bonchev–Trinajstić information content (AvgIpc) is 2.75. The van der Waals surface area contributed by atoms with Crippen molar-refractivity contribution in [2.24, 2.45) is 5.73 Å². The first-order valence-corrected chi connectivity index (χ1v) is 5.66. The van der Waals surface area contributed by atoms with E-state index in [0.29, 0.717) is 6.54 Å². The minimum Gasteiger partial charge on any atom is -0.339 e. The van der Waals surface area contributed by atoms with Gasteiger partial charge in [-0.25, -0.2) is 0 Å². The van der Waals surface area contributed by atoms with E-state index in [0.717, 1.165) is 17.4 Å². The van der Waals surface area contributed by atoms with Crippen molar-refractivity contribution in [2.75, 3.05) is 13.1 Å².